The molecule has 0 fully saturated rings. The summed E-state index contributed by atoms with van der Waals surface area (Å²) in [6.07, 6.45) is 3.28. The molecule has 0 saturated carbocycles. The molecule has 0 aliphatic heterocycles. The molecule has 0 amide bonds. The first-order valence-corrected chi connectivity index (χ1v) is 10.4. The van der Waals surface area contributed by atoms with Crippen LogP contribution in [0.2, 0.25) is 0 Å². The number of benzene rings is 2. The molecule has 2 aromatic carbocycles. The summed E-state index contributed by atoms with van der Waals surface area (Å²) in [5.41, 5.74) is 2.37. The average Bonchev–Trinajstić information content (AvgIpc) is 2.71. The molecule has 0 aliphatic rings. The van der Waals surface area contributed by atoms with E-state index in [0.717, 1.165) is 53.0 Å². The lowest BCUT2D eigenvalue weighted by Gasteiger charge is -2.15. The van der Waals surface area contributed by atoms with Crippen LogP contribution in [0.4, 0.5) is 0 Å². The van der Waals surface area contributed by atoms with E-state index >= 15 is 0 Å². The van der Waals surface area contributed by atoms with E-state index in [9.17, 15) is 0 Å². The van der Waals surface area contributed by atoms with Crippen LogP contribution in [-0.2, 0) is 13.0 Å². The Labute approximate surface area is 167 Å². The minimum atomic E-state index is 0.781. The number of nitrogens with one attached hydrogen (secondary N) is 1. The van der Waals surface area contributed by atoms with Crippen molar-refractivity contribution in [2.75, 3.05) is 33.6 Å². The fourth-order valence-corrected chi connectivity index (χ4v) is 4.05. The van der Waals surface area contributed by atoms with Crippen LogP contribution < -0.4 is 19.5 Å². The fourth-order valence-electron chi connectivity index (χ4n) is 2.84. The van der Waals surface area contributed by atoms with Crippen LogP contribution in [0.1, 0.15) is 30.9 Å². The lowest BCUT2D eigenvalue weighted by atomic mass is 10.1. The quantitative estimate of drug-likeness (QED) is 0.411. The summed E-state index contributed by atoms with van der Waals surface area (Å²) in [7, 11) is 5.15. The number of hydrogen-bond donors (Lipinski definition) is 1. The molecule has 0 radical (unpaired) electrons. The van der Waals surface area contributed by atoms with Crippen molar-refractivity contribution in [2.45, 2.75) is 37.6 Å². The molecule has 27 heavy (non-hydrogen) atoms. The zero-order valence-corrected chi connectivity index (χ0v) is 17.7. The zero-order valence-electron chi connectivity index (χ0n) is 16.8. The summed E-state index contributed by atoms with van der Waals surface area (Å²) < 4.78 is 16.7. The van der Waals surface area contributed by atoms with Crippen molar-refractivity contribution in [3.63, 3.8) is 0 Å². The number of hydrogen-bond acceptors (Lipinski definition) is 5. The molecule has 0 aromatic heterocycles. The van der Waals surface area contributed by atoms with Crippen molar-refractivity contribution in [3.05, 3.63) is 47.5 Å². The number of para-hydroxylation sites is 1. The summed E-state index contributed by atoms with van der Waals surface area (Å²) in [5, 5.41) is 3.49. The first-order valence-electron chi connectivity index (χ1n) is 9.43. The van der Waals surface area contributed by atoms with Gasteiger partial charge in [-0.05, 0) is 48.9 Å². The van der Waals surface area contributed by atoms with Gasteiger partial charge in [0, 0.05) is 12.1 Å². The SMILES string of the molecule is CCCCSc1c(OC)cc(CCNCc2ccccc2OC)cc1OC. The van der Waals surface area contributed by atoms with Crippen molar-refractivity contribution in [2.24, 2.45) is 0 Å². The van der Waals surface area contributed by atoms with Gasteiger partial charge in [0.05, 0.1) is 26.2 Å². The van der Waals surface area contributed by atoms with Gasteiger partial charge in [0.1, 0.15) is 17.2 Å². The van der Waals surface area contributed by atoms with Crippen molar-refractivity contribution in [3.8, 4) is 17.2 Å². The maximum atomic E-state index is 5.63. The molecule has 0 atom stereocenters. The zero-order chi connectivity index (χ0) is 19.5. The predicted molar refractivity (Wildman–Crippen MR) is 114 cm³/mol. The Bertz CT molecular complexity index is 681. The summed E-state index contributed by atoms with van der Waals surface area (Å²) >= 11 is 1.81. The lowest BCUT2D eigenvalue weighted by Crippen LogP contribution is -2.17. The van der Waals surface area contributed by atoms with Crippen LogP contribution >= 0.6 is 11.8 Å². The molecule has 2 rings (SSSR count). The maximum Gasteiger partial charge on any atom is 0.136 e. The largest absolute Gasteiger partial charge is 0.496 e. The highest BCUT2D eigenvalue weighted by atomic mass is 32.2. The van der Waals surface area contributed by atoms with Gasteiger partial charge in [-0.2, -0.15) is 0 Å². The minimum absolute atomic E-state index is 0.781. The third kappa shape index (κ3) is 6.36. The van der Waals surface area contributed by atoms with Crippen LogP contribution in [0, 0.1) is 0 Å². The monoisotopic (exact) mass is 389 g/mol. The molecule has 0 bridgehead atoms. The summed E-state index contributed by atoms with van der Waals surface area (Å²) in [6.45, 7) is 3.85. The summed E-state index contributed by atoms with van der Waals surface area (Å²) in [4.78, 5) is 1.10. The third-order valence-electron chi connectivity index (χ3n) is 4.36. The highest BCUT2D eigenvalue weighted by Gasteiger charge is 2.13. The Morgan fingerprint density at radius 2 is 1.59 bits per heavy atom. The van der Waals surface area contributed by atoms with Gasteiger partial charge in [0.2, 0.25) is 0 Å². The molecule has 148 valence electrons. The first-order chi connectivity index (χ1) is 13.2. The molecular weight excluding hydrogens is 358 g/mol. The Kier molecular flexibility index (Phi) is 9.36. The van der Waals surface area contributed by atoms with Gasteiger partial charge >= 0.3 is 0 Å². The number of methoxy groups -OCH3 is 3. The van der Waals surface area contributed by atoms with Crippen molar-refractivity contribution >= 4 is 11.8 Å². The van der Waals surface area contributed by atoms with Gasteiger partial charge in [0.15, 0.2) is 0 Å². The van der Waals surface area contributed by atoms with E-state index in [-0.39, 0.29) is 0 Å². The van der Waals surface area contributed by atoms with Crippen LogP contribution in [0.25, 0.3) is 0 Å². The Morgan fingerprint density at radius 1 is 0.926 bits per heavy atom. The van der Waals surface area contributed by atoms with Crippen molar-refractivity contribution < 1.29 is 14.2 Å². The van der Waals surface area contributed by atoms with Crippen molar-refractivity contribution in [1.29, 1.82) is 0 Å². The van der Waals surface area contributed by atoms with E-state index in [1.165, 1.54) is 18.4 Å². The second kappa shape index (κ2) is 11.8. The van der Waals surface area contributed by atoms with E-state index in [4.69, 9.17) is 14.2 Å². The van der Waals surface area contributed by atoms with Crippen LogP contribution in [-0.4, -0.2) is 33.6 Å². The van der Waals surface area contributed by atoms with Gasteiger partial charge in [-0.3, -0.25) is 0 Å². The third-order valence-corrected chi connectivity index (χ3v) is 5.55. The van der Waals surface area contributed by atoms with E-state index in [2.05, 4.69) is 30.4 Å². The molecule has 2 aromatic rings. The summed E-state index contributed by atoms with van der Waals surface area (Å²) in [5.74, 6) is 3.79. The molecular formula is C22H31NO3S. The Morgan fingerprint density at radius 3 is 2.22 bits per heavy atom. The minimum Gasteiger partial charge on any atom is -0.496 e. The molecule has 0 unspecified atom stereocenters. The topological polar surface area (TPSA) is 39.7 Å². The van der Waals surface area contributed by atoms with Gasteiger partial charge in [-0.1, -0.05) is 31.5 Å². The lowest BCUT2D eigenvalue weighted by molar-refractivity contribution is 0.375. The van der Waals surface area contributed by atoms with Gasteiger partial charge < -0.3 is 19.5 Å². The molecule has 4 nitrogen and oxygen atoms in total. The number of unbranched alkanes of at least 4 members (excludes halogenated alkanes) is 1. The summed E-state index contributed by atoms with van der Waals surface area (Å²) in [6, 6.07) is 12.3. The van der Waals surface area contributed by atoms with E-state index in [1.807, 2.05) is 18.2 Å². The second-order valence-corrected chi connectivity index (χ2v) is 7.38. The van der Waals surface area contributed by atoms with Crippen LogP contribution in [0.15, 0.2) is 41.3 Å². The van der Waals surface area contributed by atoms with Gasteiger partial charge in [0.25, 0.3) is 0 Å². The molecule has 1 N–H and O–H groups in total. The second-order valence-electron chi connectivity index (χ2n) is 6.27. The maximum absolute atomic E-state index is 5.63. The molecule has 5 heteroatoms. The highest BCUT2D eigenvalue weighted by Crippen LogP contribution is 2.39. The normalized spacial score (nSPS) is 10.7. The predicted octanol–water partition coefficient (Wildman–Crippen LogP) is 4.94. The van der Waals surface area contributed by atoms with Crippen molar-refractivity contribution in [1.82, 2.24) is 5.32 Å². The molecule has 0 spiro atoms. The molecule has 0 heterocycles. The molecule has 0 saturated heterocycles. The number of thioether (sulfide) groups is 1. The van der Waals surface area contributed by atoms with E-state index in [0.29, 0.717) is 0 Å². The average molecular weight is 390 g/mol. The Balaban J connectivity index is 1.97. The fraction of sp³-hybridized carbons (Fsp3) is 0.455. The molecule has 0 aliphatic carbocycles. The highest BCUT2D eigenvalue weighted by molar-refractivity contribution is 7.99. The number of ether oxygens (including phenoxy) is 3. The van der Waals surface area contributed by atoms with Gasteiger partial charge in [-0.15, -0.1) is 11.8 Å². The standard InChI is InChI=1S/C22H31NO3S/c1-5-6-13-27-22-20(25-3)14-17(15-21(22)26-4)11-12-23-16-18-9-7-8-10-19(18)24-2/h7-10,14-15,23H,5-6,11-13,16H2,1-4H3. The van der Waals surface area contributed by atoms with Gasteiger partial charge in [-0.25, -0.2) is 0 Å². The first kappa shape index (κ1) is 21.5. The Hall–Kier alpha value is -1.85. The van der Waals surface area contributed by atoms with E-state index < -0.39 is 0 Å². The smallest absolute Gasteiger partial charge is 0.136 e. The number of rotatable bonds is 12. The van der Waals surface area contributed by atoms with Crippen LogP contribution in [0.3, 0.4) is 0 Å². The van der Waals surface area contributed by atoms with E-state index in [1.54, 1.807) is 33.1 Å². The van der Waals surface area contributed by atoms with Crippen LogP contribution in [0.5, 0.6) is 17.2 Å².